The van der Waals surface area contributed by atoms with Crippen LogP contribution in [0.3, 0.4) is 0 Å². The van der Waals surface area contributed by atoms with E-state index in [1.54, 1.807) is 19.2 Å². The van der Waals surface area contributed by atoms with E-state index in [0.717, 1.165) is 25.1 Å². The van der Waals surface area contributed by atoms with Gasteiger partial charge in [0.15, 0.2) is 0 Å². The van der Waals surface area contributed by atoms with Crippen LogP contribution in [0.5, 0.6) is 0 Å². The summed E-state index contributed by atoms with van der Waals surface area (Å²) in [6, 6.07) is 3.83. The van der Waals surface area contributed by atoms with Crippen molar-refractivity contribution in [1.82, 2.24) is 0 Å². The Morgan fingerprint density at radius 3 is 2.80 bits per heavy atom. The number of methoxy groups -OCH3 is 1. The Morgan fingerprint density at radius 1 is 1.40 bits per heavy atom. The highest BCUT2D eigenvalue weighted by Crippen LogP contribution is 2.39. The number of rotatable bonds is 5. The van der Waals surface area contributed by atoms with Crippen LogP contribution in [-0.4, -0.2) is 38.0 Å². The molecule has 6 heteroatoms. The number of hydrogen-bond donors (Lipinski definition) is 1. The highest BCUT2D eigenvalue weighted by molar-refractivity contribution is 6.52. The van der Waals surface area contributed by atoms with Gasteiger partial charge in [-0.1, -0.05) is 11.6 Å². The molecule has 0 aromatic heterocycles. The van der Waals surface area contributed by atoms with Gasteiger partial charge in [0.25, 0.3) is 11.7 Å². The van der Waals surface area contributed by atoms with E-state index in [9.17, 15) is 9.59 Å². The number of carbonyl (C=O) groups excluding carboxylic acids is 2. The first-order valence-electron chi connectivity index (χ1n) is 6.56. The Kier molecular flexibility index (Phi) is 3.40. The van der Waals surface area contributed by atoms with E-state index < -0.39 is 11.7 Å². The Bertz CT molecular complexity index is 584. The summed E-state index contributed by atoms with van der Waals surface area (Å²) in [7, 11) is 1.66. The summed E-state index contributed by atoms with van der Waals surface area (Å²) < 4.78 is 5.13. The van der Waals surface area contributed by atoms with E-state index in [1.807, 2.05) is 0 Å². The average molecular weight is 295 g/mol. The first kappa shape index (κ1) is 13.4. The van der Waals surface area contributed by atoms with Crippen LogP contribution in [0.4, 0.5) is 11.4 Å². The van der Waals surface area contributed by atoms with E-state index >= 15 is 0 Å². The molecule has 2 aliphatic rings. The fourth-order valence-electron chi connectivity index (χ4n) is 2.45. The summed E-state index contributed by atoms with van der Waals surface area (Å²) in [5.41, 5.74) is 1.74. The lowest BCUT2D eigenvalue weighted by atomic mass is 10.1. The van der Waals surface area contributed by atoms with E-state index in [4.69, 9.17) is 16.3 Å². The van der Waals surface area contributed by atoms with Crippen LogP contribution in [0.15, 0.2) is 12.1 Å². The lowest BCUT2D eigenvalue weighted by Gasteiger charge is -2.26. The Hall–Kier alpha value is -1.59. The molecule has 0 spiro atoms. The zero-order valence-electron chi connectivity index (χ0n) is 11.1. The van der Waals surface area contributed by atoms with Crippen molar-refractivity contribution in [2.45, 2.75) is 18.9 Å². The molecule has 0 atom stereocenters. The lowest BCUT2D eigenvalue weighted by molar-refractivity contribution is -0.112. The standard InChI is InChI=1S/C14H15ClN2O3/c1-20-5-4-17(8-2-3-8)12-7-11-9(6-10(12)15)13(18)14(19)16-11/h6-8H,2-5H2,1H3,(H,16,18,19). The molecule has 1 N–H and O–H groups in total. The molecule has 0 bridgehead atoms. The minimum atomic E-state index is -0.594. The zero-order chi connectivity index (χ0) is 14.3. The molecule has 1 aromatic carbocycles. The maximum atomic E-state index is 11.6. The first-order chi connectivity index (χ1) is 9.61. The third-order valence-electron chi connectivity index (χ3n) is 3.62. The number of amides is 1. The molecule has 5 nitrogen and oxygen atoms in total. The largest absolute Gasteiger partial charge is 0.383 e. The van der Waals surface area contributed by atoms with Crippen molar-refractivity contribution in [2.75, 3.05) is 30.5 Å². The van der Waals surface area contributed by atoms with Gasteiger partial charge >= 0.3 is 0 Å². The summed E-state index contributed by atoms with van der Waals surface area (Å²) in [6.45, 7) is 1.34. The number of nitrogens with one attached hydrogen (secondary N) is 1. The van der Waals surface area contributed by atoms with E-state index in [2.05, 4.69) is 10.2 Å². The second-order valence-corrected chi connectivity index (χ2v) is 5.46. The van der Waals surface area contributed by atoms with E-state index in [0.29, 0.717) is 28.9 Å². The van der Waals surface area contributed by atoms with Crippen LogP contribution in [0.25, 0.3) is 0 Å². The summed E-state index contributed by atoms with van der Waals surface area (Å²) in [5.74, 6) is -1.12. The fourth-order valence-corrected chi connectivity index (χ4v) is 2.72. The molecular weight excluding hydrogens is 280 g/mol. The number of anilines is 2. The quantitative estimate of drug-likeness (QED) is 0.845. The van der Waals surface area contributed by atoms with Crippen molar-refractivity contribution in [3.8, 4) is 0 Å². The molecule has 3 rings (SSSR count). The van der Waals surface area contributed by atoms with Crippen LogP contribution < -0.4 is 10.2 Å². The molecule has 1 fully saturated rings. The highest BCUT2D eigenvalue weighted by atomic mass is 35.5. The highest BCUT2D eigenvalue weighted by Gasteiger charge is 2.33. The summed E-state index contributed by atoms with van der Waals surface area (Å²) in [6.07, 6.45) is 2.25. The predicted octanol–water partition coefficient (Wildman–Crippen LogP) is 2.09. The van der Waals surface area contributed by atoms with Gasteiger partial charge in [0.05, 0.1) is 28.6 Å². The van der Waals surface area contributed by atoms with Crippen LogP contribution in [0.2, 0.25) is 5.02 Å². The van der Waals surface area contributed by atoms with Crippen molar-refractivity contribution in [3.63, 3.8) is 0 Å². The normalized spacial score (nSPS) is 17.1. The Morgan fingerprint density at radius 2 is 2.15 bits per heavy atom. The topological polar surface area (TPSA) is 58.6 Å². The third-order valence-corrected chi connectivity index (χ3v) is 3.92. The number of ketones is 1. The van der Waals surface area contributed by atoms with E-state index in [1.165, 1.54) is 0 Å². The SMILES string of the molecule is COCCN(c1cc2c(cc1Cl)C(=O)C(=O)N2)C1CC1. The molecule has 1 heterocycles. The van der Waals surface area contributed by atoms with Crippen LogP contribution in [0, 0.1) is 0 Å². The molecule has 1 amide bonds. The number of fused-ring (bicyclic) bond motifs is 1. The third kappa shape index (κ3) is 2.27. The number of ether oxygens (including phenoxy) is 1. The molecule has 1 saturated carbocycles. The van der Waals surface area contributed by atoms with Gasteiger partial charge in [-0.2, -0.15) is 0 Å². The maximum Gasteiger partial charge on any atom is 0.296 e. The summed E-state index contributed by atoms with van der Waals surface area (Å²) in [5, 5.41) is 3.08. The van der Waals surface area contributed by atoms with Crippen molar-refractivity contribution >= 4 is 34.7 Å². The smallest absolute Gasteiger partial charge is 0.296 e. The molecule has 20 heavy (non-hydrogen) atoms. The molecule has 1 aliphatic carbocycles. The van der Waals surface area contributed by atoms with Crippen molar-refractivity contribution in [2.24, 2.45) is 0 Å². The van der Waals surface area contributed by atoms with Gasteiger partial charge in [-0.3, -0.25) is 9.59 Å². The van der Waals surface area contributed by atoms with Crippen LogP contribution in [0.1, 0.15) is 23.2 Å². The summed E-state index contributed by atoms with van der Waals surface area (Å²) >= 11 is 6.29. The van der Waals surface area contributed by atoms with Crippen LogP contribution in [-0.2, 0) is 9.53 Å². The fraction of sp³-hybridized carbons (Fsp3) is 0.429. The first-order valence-corrected chi connectivity index (χ1v) is 6.94. The minimum absolute atomic E-state index is 0.353. The number of carbonyl (C=O) groups is 2. The van der Waals surface area contributed by atoms with Crippen molar-refractivity contribution in [1.29, 1.82) is 0 Å². The molecule has 0 saturated heterocycles. The van der Waals surface area contributed by atoms with Crippen molar-refractivity contribution < 1.29 is 14.3 Å². The average Bonchev–Trinajstić information content (AvgIpc) is 3.21. The van der Waals surface area contributed by atoms with Crippen molar-refractivity contribution in [3.05, 3.63) is 22.7 Å². The van der Waals surface area contributed by atoms with Crippen LogP contribution >= 0.6 is 11.6 Å². The number of hydrogen-bond acceptors (Lipinski definition) is 4. The second kappa shape index (κ2) is 5.07. The van der Waals surface area contributed by atoms with E-state index in [-0.39, 0.29) is 0 Å². The number of halogens is 1. The molecule has 0 radical (unpaired) electrons. The molecule has 1 aromatic rings. The minimum Gasteiger partial charge on any atom is -0.383 e. The number of nitrogens with zero attached hydrogens (tertiary/aromatic N) is 1. The predicted molar refractivity (Wildman–Crippen MR) is 76.7 cm³/mol. The van der Waals surface area contributed by atoms with Gasteiger partial charge in [-0.15, -0.1) is 0 Å². The Balaban J connectivity index is 1.95. The monoisotopic (exact) mass is 294 g/mol. The molecule has 0 unspecified atom stereocenters. The summed E-state index contributed by atoms with van der Waals surface area (Å²) in [4.78, 5) is 25.2. The number of Topliss-reactive ketones (excluding diaryl/α,β-unsaturated/α-hetero) is 1. The molecule has 106 valence electrons. The Labute approximate surface area is 121 Å². The molecular formula is C14H15ClN2O3. The van der Waals surface area contributed by atoms with Gasteiger partial charge in [-0.25, -0.2) is 0 Å². The van der Waals surface area contributed by atoms with Gasteiger partial charge in [0.1, 0.15) is 0 Å². The van der Waals surface area contributed by atoms with Gasteiger partial charge in [-0.05, 0) is 25.0 Å². The molecule has 1 aliphatic heterocycles. The van der Waals surface area contributed by atoms with Gasteiger partial charge in [0.2, 0.25) is 0 Å². The maximum absolute atomic E-state index is 11.6. The zero-order valence-corrected chi connectivity index (χ0v) is 11.9. The lowest BCUT2D eigenvalue weighted by Crippen LogP contribution is -2.29. The van der Waals surface area contributed by atoms with Gasteiger partial charge in [0, 0.05) is 19.7 Å². The number of benzene rings is 1. The van der Waals surface area contributed by atoms with Gasteiger partial charge < -0.3 is 15.0 Å². The second-order valence-electron chi connectivity index (χ2n) is 5.05.